The molecule has 0 radical (unpaired) electrons. The third kappa shape index (κ3) is 3.89. The van der Waals surface area contributed by atoms with Gasteiger partial charge in [0.2, 0.25) is 0 Å². The molecule has 0 fully saturated rings. The molecule has 0 saturated carbocycles. The molecule has 4 nitrogen and oxygen atoms in total. The number of nitrogen functional groups attached to an aromatic ring is 1. The molecule has 1 aromatic rings. The van der Waals surface area contributed by atoms with Gasteiger partial charge in [-0.2, -0.15) is 0 Å². The first-order valence-corrected chi connectivity index (χ1v) is 5.57. The molecule has 5 heteroatoms. The monoisotopic (exact) mass is 228 g/mol. The lowest BCUT2D eigenvalue weighted by Gasteiger charge is -2.22. The second-order valence-corrected chi connectivity index (χ2v) is 4.87. The topological polar surface area (TPSA) is 66.6 Å². The van der Waals surface area contributed by atoms with E-state index in [0.29, 0.717) is 0 Å². The number of carbonyl (C=O) groups is 1. The Bertz CT molecular complexity index is 338. The highest BCUT2D eigenvalue weighted by molar-refractivity contribution is 7.15. The Labute approximate surface area is 93.3 Å². The number of aliphatic carboxylic acids is 1. The summed E-state index contributed by atoms with van der Waals surface area (Å²) in [7, 11) is 1.82. The van der Waals surface area contributed by atoms with Gasteiger partial charge in [0.25, 0.3) is 0 Å². The number of thiophene rings is 1. The van der Waals surface area contributed by atoms with Gasteiger partial charge < -0.3 is 10.8 Å². The van der Waals surface area contributed by atoms with Crippen LogP contribution in [0.5, 0.6) is 0 Å². The predicted molar refractivity (Wildman–Crippen MR) is 62.2 cm³/mol. The van der Waals surface area contributed by atoms with Crippen LogP contribution in [0.25, 0.3) is 0 Å². The molecule has 0 spiro atoms. The Morgan fingerprint density at radius 3 is 2.80 bits per heavy atom. The van der Waals surface area contributed by atoms with Crippen LogP contribution >= 0.6 is 11.3 Å². The standard InChI is InChI=1S/C10H16N2O2S/c1-7(12(2)6-10(13)14)5-8-3-4-9(11)15-8/h3-4,7H,5-6,11H2,1-2H3,(H,13,14). The molecule has 1 heterocycles. The van der Waals surface area contributed by atoms with Crippen LogP contribution in [0.4, 0.5) is 5.00 Å². The van der Waals surface area contributed by atoms with E-state index >= 15 is 0 Å². The maximum Gasteiger partial charge on any atom is 0.317 e. The van der Waals surface area contributed by atoms with E-state index in [9.17, 15) is 4.79 Å². The predicted octanol–water partition coefficient (Wildman–Crippen LogP) is 1.28. The van der Waals surface area contributed by atoms with E-state index < -0.39 is 5.97 Å². The van der Waals surface area contributed by atoms with E-state index in [0.717, 1.165) is 11.4 Å². The molecule has 3 N–H and O–H groups in total. The molecular formula is C10H16N2O2S. The van der Waals surface area contributed by atoms with Crippen molar-refractivity contribution in [2.75, 3.05) is 19.3 Å². The van der Waals surface area contributed by atoms with Crippen LogP contribution in [0.3, 0.4) is 0 Å². The summed E-state index contributed by atoms with van der Waals surface area (Å²) in [5.74, 6) is -0.796. The zero-order chi connectivity index (χ0) is 11.4. The summed E-state index contributed by atoms with van der Waals surface area (Å²) in [6.07, 6.45) is 0.839. The van der Waals surface area contributed by atoms with Crippen LogP contribution in [0.15, 0.2) is 12.1 Å². The average Bonchev–Trinajstić information content (AvgIpc) is 2.50. The van der Waals surface area contributed by atoms with Crippen LogP contribution < -0.4 is 5.73 Å². The highest BCUT2D eigenvalue weighted by Gasteiger charge is 2.13. The molecule has 0 aliphatic carbocycles. The summed E-state index contributed by atoms with van der Waals surface area (Å²) < 4.78 is 0. The lowest BCUT2D eigenvalue weighted by molar-refractivity contribution is -0.138. The van der Waals surface area contributed by atoms with Gasteiger partial charge >= 0.3 is 5.97 Å². The van der Waals surface area contributed by atoms with E-state index in [1.807, 2.05) is 31.0 Å². The molecule has 0 bridgehead atoms. The van der Waals surface area contributed by atoms with Crippen molar-refractivity contribution < 1.29 is 9.90 Å². The third-order valence-corrected chi connectivity index (χ3v) is 3.25. The molecule has 0 saturated heterocycles. The number of likely N-dealkylation sites (N-methyl/N-ethyl adjacent to an activating group) is 1. The number of carboxylic acids is 1. The van der Waals surface area contributed by atoms with Crippen LogP contribution in [-0.4, -0.2) is 35.6 Å². The van der Waals surface area contributed by atoms with Gasteiger partial charge in [0.1, 0.15) is 0 Å². The van der Waals surface area contributed by atoms with Gasteiger partial charge in [-0.1, -0.05) is 0 Å². The van der Waals surface area contributed by atoms with Crippen molar-refractivity contribution in [1.82, 2.24) is 4.90 Å². The normalized spacial score (nSPS) is 13.0. The molecule has 0 aliphatic rings. The second kappa shape index (κ2) is 5.14. The van der Waals surface area contributed by atoms with Crippen molar-refractivity contribution in [2.24, 2.45) is 0 Å². The molecule has 0 aromatic carbocycles. The molecule has 1 rings (SSSR count). The third-order valence-electron chi connectivity index (χ3n) is 2.32. The van der Waals surface area contributed by atoms with Crippen LogP contribution in [0, 0.1) is 0 Å². The lowest BCUT2D eigenvalue weighted by atomic mass is 10.2. The highest BCUT2D eigenvalue weighted by Crippen LogP contribution is 2.20. The number of hydrogen-bond donors (Lipinski definition) is 2. The van der Waals surface area contributed by atoms with E-state index in [4.69, 9.17) is 10.8 Å². The number of carboxylic acid groups (broad SMARTS) is 1. The minimum atomic E-state index is -0.796. The Balaban J connectivity index is 2.47. The van der Waals surface area contributed by atoms with Crippen molar-refractivity contribution >= 4 is 22.3 Å². The van der Waals surface area contributed by atoms with Crippen molar-refractivity contribution in [3.05, 3.63) is 17.0 Å². The fourth-order valence-electron chi connectivity index (χ4n) is 1.32. The number of nitrogens with two attached hydrogens (primary N) is 1. The van der Waals surface area contributed by atoms with Gasteiger partial charge in [0, 0.05) is 10.9 Å². The first kappa shape index (κ1) is 12.0. The first-order chi connectivity index (χ1) is 6.99. The van der Waals surface area contributed by atoms with Gasteiger partial charge in [-0.15, -0.1) is 11.3 Å². The maximum atomic E-state index is 10.5. The molecule has 1 atom stereocenters. The fourth-order valence-corrected chi connectivity index (χ4v) is 2.22. The largest absolute Gasteiger partial charge is 0.480 e. The van der Waals surface area contributed by atoms with Gasteiger partial charge in [0.05, 0.1) is 11.5 Å². The Morgan fingerprint density at radius 2 is 2.33 bits per heavy atom. The summed E-state index contributed by atoms with van der Waals surface area (Å²) in [5, 5.41) is 9.45. The van der Waals surface area contributed by atoms with Gasteiger partial charge in [-0.05, 0) is 32.5 Å². The molecule has 15 heavy (non-hydrogen) atoms. The average molecular weight is 228 g/mol. The molecular weight excluding hydrogens is 212 g/mol. The molecule has 1 aromatic heterocycles. The van der Waals surface area contributed by atoms with Crippen LogP contribution in [-0.2, 0) is 11.2 Å². The van der Waals surface area contributed by atoms with Crippen molar-refractivity contribution in [3.63, 3.8) is 0 Å². The van der Waals surface area contributed by atoms with Crippen molar-refractivity contribution in [2.45, 2.75) is 19.4 Å². The van der Waals surface area contributed by atoms with Gasteiger partial charge in [-0.25, -0.2) is 0 Å². The van der Waals surface area contributed by atoms with Crippen LogP contribution in [0.1, 0.15) is 11.8 Å². The molecule has 0 amide bonds. The summed E-state index contributed by atoms with van der Waals surface area (Å²) >= 11 is 1.56. The van der Waals surface area contributed by atoms with Gasteiger partial charge in [-0.3, -0.25) is 9.69 Å². The number of anilines is 1. The quantitative estimate of drug-likeness (QED) is 0.796. The first-order valence-electron chi connectivity index (χ1n) is 4.75. The highest BCUT2D eigenvalue weighted by atomic mass is 32.1. The van der Waals surface area contributed by atoms with Gasteiger partial charge in [0.15, 0.2) is 0 Å². The smallest absolute Gasteiger partial charge is 0.317 e. The van der Waals surface area contributed by atoms with Crippen molar-refractivity contribution in [3.8, 4) is 0 Å². The van der Waals surface area contributed by atoms with Crippen molar-refractivity contribution in [1.29, 1.82) is 0 Å². The lowest BCUT2D eigenvalue weighted by Crippen LogP contribution is -2.35. The van der Waals surface area contributed by atoms with E-state index in [2.05, 4.69) is 0 Å². The summed E-state index contributed by atoms with van der Waals surface area (Å²) in [6, 6.07) is 4.08. The van der Waals surface area contributed by atoms with Crippen LogP contribution in [0.2, 0.25) is 0 Å². The van der Waals surface area contributed by atoms with E-state index in [1.54, 1.807) is 11.3 Å². The number of nitrogens with zero attached hydrogens (tertiary/aromatic N) is 1. The second-order valence-electron chi connectivity index (χ2n) is 3.67. The summed E-state index contributed by atoms with van der Waals surface area (Å²) in [6.45, 7) is 2.08. The molecule has 0 aliphatic heterocycles. The fraction of sp³-hybridized carbons (Fsp3) is 0.500. The maximum absolute atomic E-state index is 10.5. The number of hydrogen-bond acceptors (Lipinski definition) is 4. The van der Waals surface area contributed by atoms with E-state index in [1.165, 1.54) is 4.88 Å². The minimum Gasteiger partial charge on any atom is -0.480 e. The molecule has 1 unspecified atom stereocenters. The molecule has 84 valence electrons. The SMILES string of the molecule is CC(Cc1ccc(N)s1)N(C)CC(=O)O. The summed E-state index contributed by atoms with van der Waals surface area (Å²) in [4.78, 5) is 13.5. The number of rotatable bonds is 5. The van der Waals surface area contributed by atoms with E-state index in [-0.39, 0.29) is 12.6 Å². The summed E-state index contributed by atoms with van der Waals surface area (Å²) in [5.41, 5.74) is 5.62. The Kier molecular flexibility index (Phi) is 4.11. The zero-order valence-electron chi connectivity index (χ0n) is 8.93. The zero-order valence-corrected chi connectivity index (χ0v) is 9.75. The Morgan fingerprint density at radius 1 is 1.67 bits per heavy atom. The minimum absolute atomic E-state index is 0.0715. The Hall–Kier alpha value is -1.07.